The van der Waals surface area contributed by atoms with Crippen molar-refractivity contribution in [3.05, 3.63) is 130 Å². The van der Waals surface area contributed by atoms with E-state index in [1.165, 1.54) is 69.9 Å². The fourth-order valence-corrected chi connectivity index (χ4v) is 13.9. The zero-order chi connectivity index (χ0) is 55.7. The summed E-state index contributed by atoms with van der Waals surface area (Å²) in [5, 5.41) is 15.6. The monoisotopic (exact) mass is 1490 g/mol. The van der Waals surface area contributed by atoms with E-state index in [1.54, 1.807) is 68.0 Å². The number of aryl methyl sites for hydroxylation is 7. The lowest BCUT2D eigenvalue weighted by Crippen LogP contribution is -1.67. The van der Waals surface area contributed by atoms with Gasteiger partial charge in [-0.15, -0.1) is 68.0 Å². The topological polar surface area (TPSA) is 78.8 Å². The van der Waals surface area contributed by atoms with Crippen molar-refractivity contribution >= 4 is 225 Å². The minimum Gasteiger partial charge on any atom is -0.439 e. The van der Waals surface area contributed by atoms with Crippen molar-refractivity contribution in [3.63, 3.8) is 0 Å². The van der Waals surface area contributed by atoms with Gasteiger partial charge in [-0.25, -0.2) is 0 Å². The first-order valence-corrected chi connectivity index (χ1v) is 33.8. The molecule has 0 aromatic carbocycles. The molecule has 0 saturated carbocycles. The molecule has 0 bridgehead atoms. The van der Waals surface area contributed by atoms with Crippen molar-refractivity contribution in [3.8, 4) is 0 Å². The molecule has 12 aromatic heterocycles. The summed E-state index contributed by atoms with van der Waals surface area (Å²) in [5.74, 6) is 0. The minimum absolute atomic E-state index is 0.810. The molecule has 0 unspecified atom stereocenters. The average Bonchev–Trinajstić information content (AvgIpc) is 4.26. The lowest BCUT2D eigenvalue weighted by molar-refractivity contribution is 0.591. The SMILES string of the molecule is Brc1cc2ccsc2o1.CC.CC.CC.CC.CC.CC.Cc1c(Br)oc2sccc12.Cc1cc2c(C)c(Br)oc2s1.Cc1cc2cc(Br)oc2s1.Cc1csc2oc(Br)c(C)c12.Cc1csc2oc(Br)cc12. The van der Waals surface area contributed by atoms with E-state index in [-0.39, 0.29) is 0 Å². The Morgan fingerprint density at radius 3 is 1.32 bits per heavy atom. The molecule has 73 heavy (non-hydrogen) atoms. The quantitative estimate of drug-likeness (QED) is 0.151. The van der Waals surface area contributed by atoms with Crippen molar-refractivity contribution in [2.75, 3.05) is 0 Å². The highest BCUT2D eigenvalue weighted by atomic mass is 79.9. The molecule has 0 saturated heterocycles. The molecule has 0 aliphatic carbocycles. The van der Waals surface area contributed by atoms with Crippen LogP contribution in [0.15, 0.2) is 119 Å². The van der Waals surface area contributed by atoms with Crippen LogP contribution in [0.5, 0.6) is 0 Å². The first kappa shape index (κ1) is 69.3. The van der Waals surface area contributed by atoms with Crippen LogP contribution in [-0.2, 0) is 0 Å². The molecule has 12 heterocycles. The number of hydrogen-bond acceptors (Lipinski definition) is 12. The van der Waals surface area contributed by atoms with Crippen LogP contribution < -0.4 is 0 Å². The van der Waals surface area contributed by atoms with Crippen molar-refractivity contribution in [2.45, 2.75) is 132 Å². The van der Waals surface area contributed by atoms with Crippen molar-refractivity contribution in [1.82, 2.24) is 0 Å². The fraction of sp³-hybridized carbons (Fsp3) is 0.345. The molecule has 12 rings (SSSR count). The molecule has 18 heteroatoms. The van der Waals surface area contributed by atoms with Crippen LogP contribution in [0.25, 0.3) is 61.7 Å². The van der Waals surface area contributed by atoms with Crippen LogP contribution in [0.1, 0.15) is 121 Å². The van der Waals surface area contributed by atoms with Gasteiger partial charge in [0.2, 0.25) is 0 Å². The molecule has 0 aliphatic rings. The highest BCUT2D eigenvalue weighted by molar-refractivity contribution is 9.11. The third-order valence-electron chi connectivity index (χ3n) is 8.87. The van der Waals surface area contributed by atoms with E-state index >= 15 is 0 Å². The summed E-state index contributed by atoms with van der Waals surface area (Å²) in [7, 11) is 0. The Bertz CT molecular complexity index is 3260. The van der Waals surface area contributed by atoms with E-state index in [2.05, 4.69) is 166 Å². The van der Waals surface area contributed by atoms with E-state index < -0.39 is 0 Å². The molecule has 0 amide bonds. The molecule has 0 atom stereocenters. The van der Waals surface area contributed by atoms with Gasteiger partial charge in [-0.2, -0.15) is 0 Å². The maximum absolute atomic E-state index is 5.45. The molecular weight excluding hydrogens is 1430 g/mol. The number of rotatable bonds is 0. The summed E-state index contributed by atoms with van der Waals surface area (Å²) >= 11 is 29.7. The van der Waals surface area contributed by atoms with Crippen molar-refractivity contribution in [1.29, 1.82) is 0 Å². The largest absolute Gasteiger partial charge is 0.439 e. The van der Waals surface area contributed by atoms with Gasteiger partial charge in [0.1, 0.15) is 0 Å². The number of furan rings is 6. The minimum atomic E-state index is 0.810. The first-order chi connectivity index (χ1) is 35.1. The highest BCUT2D eigenvalue weighted by Gasteiger charge is 2.12. The second kappa shape index (κ2) is 36.4. The van der Waals surface area contributed by atoms with Gasteiger partial charge in [-0.3, -0.25) is 0 Å². The van der Waals surface area contributed by atoms with E-state index in [4.69, 9.17) is 26.5 Å². The van der Waals surface area contributed by atoms with E-state index in [1.807, 2.05) is 125 Å². The third kappa shape index (κ3) is 19.9. The van der Waals surface area contributed by atoms with Gasteiger partial charge < -0.3 is 26.5 Å². The zero-order valence-electron chi connectivity index (χ0n) is 45.0. The summed E-state index contributed by atoms with van der Waals surface area (Å²) in [6, 6.07) is 14.3. The van der Waals surface area contributed by atoms with E-state index in [0.717, 1.165) is 57.4 Å². The van der Waals surface area contributed by atoms with Gasteiger partial charge >= 0.3 is 0 Å². The van der Waals surface area contributed by atoms with Crippen LogP contribution in [0.3, 0.4) is 0 Å². The fourth-order valence-electron chi connectivity index (χ4n) is 5.79. The smallest absolute Gasteiger partial charge is 0.189 e. The molecule has 12 aromatic rings. The van der Waals surface area contributed by atoms with Gasteiger partial charge in [-0.05, 0) is 213 Å². The molecule has 0 fully saturated rings. The molecule has 0 radical (unpaired) electrons. The van der Waals surface area contributed by atoms with Gasteiger partial charge in [0.05, 0.1) is 0 Å². The summed E-state index contributed by atoms with van der Waals surface area (Å²) in [5.41, 5.74) is 6.19. The Morgan fingerprint density at radius 2 is 0.767 bits per heavy atom. The lowest BCUT2D eigenvalue weighted by Gasteiger charge is -1.85. The van der Waals surface area contributed by atoms with Gasteiger partial charge in [0.15, 0.2) is 57.4 Å². The molecule has 0 aliphatic heterocycles. The Morgan fingerprint density at radius 1 is 0.342 bits per heavy atom. The van der Waals surface area contributed by atoms with Crippen LogP contribution in [-0.4, -0.2) is 0 Å². The van der Waals surface area contributed by atoms with Gasteiger partial charge in [-0.1, -0.05) is 83.1 Å². The molecule has 0 spiro atoms. The van der Waals surface area contributed by atoms with Crippen LogP contribution in [0, 0.1) is 48.5 Å². The van der Waals surface area contributed by atoms with E-state index in [0.29, 0.717) is 0 Å². The maximum Gasteiger partial charge on any atom is 0.189 e. The molecule has 0 N–H and O–H groups in total. The predicted octanol–water partition coefficient (Wildman–Crippen LogP) is 27.9. The van der Waals surface area contributed by atoms with Crippen molar-refractivity contribution < 1.29 is 26.5 Å². The Kier molecular flexibility index (Phi) is 34.6. The molecule has 6 nitrogen and oxygen atoms in total. The number of halogens is 6. The van der Waals surface area contributed by atoms with Crippen LogP contribution in [0.4, 0.5) is 0 Å². The summed E-state index contributed by atoms with van der Waals surface area (Å²) < 4.78 is 37.2. The summed E-state index contributed by atoms with van der Waals surface area (Å²) in [4.78, 5) is 8.63. The summed E-state index contributed by atoms with van der Waals surface area (Å²) in [6.07, 6.45) is 0. The lowest BCUT2D eigenvalue weighted by atomic mass is 10.2. The van der Waals surface area contributed by atoms with Crippen LogP contribution >= 0.6 is 164 Å². The second-order valence-electron chi connectivity index (χ2n) is 13.3. The van der Waals surface area contributed by atoms with Crippen molar-refractivity contribution in [2.24, 2.45) is 0 Å². The standard InChI is InChI=1S/2C8H7BrOS.3C7H5BrOS.C6H3BrOS.6C2H6/c1-4-3-11-8-6(4)5(2)7(9)10-8;1-4-3-6-5(2)7(9)10-8(6)11-4;1-4-3-10-7-5(4)2-6(8)9-7;1-4-2-5-3-6(8)9-7(5)10-4;1-4-5-2-3-10-7(5)9-6(4)8;7-5-3-4-1-2-9-6(4)8-5;6*1-2/h2*3H,1-2H3;3*2-3H,1H3;1-3H;6*1-2H3. The molecule has 402 valence electrons. The highest BCUT2D eigenvalue weighted by Crippen LogP contribution is 2.37. The number of hydrogen-bond donors (Lipinski definition) is 0. The normalized spacial score (nSPS) is 9.71. The zero-order valence-corrected chi connectivity index (χ0v) is 59.4. The van der Waals surface area contributed by atoms with Gasteiger partial charge in [0, 0.05) is 64.8 Å². The summed E-state index contributed by atoms with van der Waals surface area (Å²) in [6.45, 7) is 38.5. The predicted molar refractivity (Wildman–Crippen MR) is 352 cm³/mol. The Labute approximate surface area is 507 Å². The third-order valence-corrected chi connectivity index (χ3v) is 17.7. The average molecular weight is 1500 g/mol. The number of fused-ring (bicyclic) bond motifs is 6. The number of thiophene rings is 6. The second-order valence-corrected chi connectivity index (χ2v) is 23.7. The van der Waals surface area contributed by atoms with Crippen LogP contribution in [0.2, 0.25) is 0 Å². The van der Waals surface area contributed by atoms with Gasteiger partial charge in [0.25, 0.3) is 0 Å². The first-order valence-electron chi connectivity index (χ1n) is 23.9. The Hall–Kier alpha value is -1.68. The van der Waals surface area contributed by atoms with E-state index in [9.17, 15) is 0 Å². The Balaban J connectivity index is 0.000000420. The molecular formula is C55H68Br6O6S6. The maximum atomic E-state index is 5.45.